The normalized spacial score (nSPS) is 26.2. The molecule has 0 unspecified atom stereocenters. The third-order valence-electron chi connectivity index (χ3n) is 8.26. The summed E-state index contributed by atoms with van der Waals surface area (Å²) >= 11 is 0. The van der Waals surface area contributed by atoms with Crippen molar-refractivity contribution in [2.75, 3.05) is 20.1 Å². The second kappa shape index (κ2) is 12.3. The summed E-state index contributed by atoms with van der Waals surface area (Å²) in [4.78, 5) is 56.9. The molecule has 3 N–H and O–H groups in total. The molecule has 9 heteroatoms. The van der Waals surface area contributed by atoms with E-state index in [0.29, 0.717) is 32.2 Å². The van der Waals surface area contributed by atoms with Crippen molar-refractivity contribution in [3.63, 3.8) is 0 Å². The van der Waals surface area contributed by atoms with E-state index in [0.717, 1.165) is 24.8 Å². The van der Waals surface area contributed by atoms with E-state index in [9.17, 15) is 19.2 Å². The average molecular weight is 526 g/mol. The summed E-state index contributed by atoms with van der Waals surface area (Å²) in [6.45, 7) is 6.32. The van der Waals surface area contributed by atoms with E-state index in [1.807, 2.05) is 26.0 Å². The van der Waals surface area contributed by atoms with E-state index in [1.54, 1.807) is 23.8 Å². The summed E-state index contributed by atoms with van der Waals surface area (Å²) < 4.78 is 0. The smallest absolute Gasteiger partial charge is 0.247 e. The molecule has 3 aliphatic rings. The third kappa shape index (κ3) is 6.20. The molecule has 2 aliphatic heterocycles. The summed E-state index contributed by atoms with van der Waals surface area (Å²) in [5.41, 5.74) is 2.43. The fourth-order valence-corrected chi connectivity index (χ4v) is 6.04. The number of hydrogen-bond acceptors (Lipinski definition) is 5. The zero-order chi connectivity index (χ0) is 27.4. The van der Waals surface area contributed by atoms with Gasteiger partial charge in [-0.2, -0.15) is 0 Å². The maximum atomic E-state index is 14.0. The molecule has 1 aromatic carbocycles. The highest BCUT2D eigenvalue weighted by Gasteiger charge is 2.46. The van der Waals surface area contributed by atoms with Crippen LogP contribution in [-0.2, 0) is 25.6 Å². The van der Waals surface area contributed by atoms with Gasteiger partial charge in [-0.05, 0) is 69.5 Å². The Labute approximate surface area is 226 Å². The van der Waals surface area contributed by atoms with Crippen molar-refractivity contribution < 1.29 is 19.2 Å². The molecule has 4 rings (SSSR count). The lowest BCUT2D eigenvalue weighted by Gasteiger charge is -2.39. The van der Waals surface area contributed by atoms with Crippen molar-refractivity contribution in [3.8, 4) is 0 Å². The first kappa shape index (κ1) is 28.1. The first-order chi connectivity index (χ1) is 18.2. The number of nitrogens with zero attached hydrogens (tertiary/aromatic N) is 2. The van der Waals surface area contributed by atoms with Crippen LogP contribution in [0.5, 0.6) is 0 Å². The fourth-order valence-electron chi connectivity index (χ4n) is 6.04. The van der Waals surface area contributed by atoms with E-state index in [4.69, 9.17) is 0 Å². The minimum absolute atomic E-state index is 0.00887. The molecule has 0 radical (unpaired) electrons. The SMILES string of the molecule is CN[C@@H](C)C(=O)N[C@H]1CN(C(=O)CC(C)C)CC[C@H]2CC[C@@H](C(=O)N[C@@H]3CCCc4ccccc43)N2C1=O. The van der Waals surface area contributed by atoms with E-state index < -0.39 is 18.1 Å². The van der Waals surface area contributed by atoms with Crippen molar-refractivity contribution in [2.45, 2.75) is 95.9 Å². The molecule has 4 amide bonds. The minimum Gasteiger partial charge on any atom is -0.347 e. The van der Waals surface area contributed by atoms with Crippen molar-refractivity contribution in [1.82, 2.24) is 25.8 Å². The Kier molecular flexibility index (Phi) is 9.07. The number of benzene rings is 1. The highest BCUT2D eigenvalue weighted by Crippen LogP contribution is 2.33. The Morgan fingerprint density at radius 1 is 1.00 bits per heavy atom. The van der Waals surface area contributed by atoms with E-state index >= 15 is 0 Å². The van der Waals surface area contributed by atoms with Gasteiger partial charge in [-0.3, -0.25) is 19.2 Å². The van der Waals surface area contributed by atoms with Crippen LogP contribution in [-0.4, -0.2) is 77.7 Å². The Morgan fingerprint density at radius 3 is 2.50 bits per heavy atom. The second-order valence-electron chi connectivity index (χ2n) is 11.4. The van der Waals surface area contributed by atoms with Crippen LogP contribution in [0.2, 0.25) is 0 Å². The molecule has 0 aromatic heterocycles. The van der Waals surface area contributed by atoms with E-state index in [1.165, 1.54) is 5.56 Å². The molecule has 5 atom stereocenters. The first-order valence-corrected chi connectivity index (χ1v) is 14.1. The summed E-state index contributed by atoms with van der Waals surface area (Å²) in [5, 5.41) is 9.02. The molecule has 1 aliphatic carbocycles. The summed E-state index contributed by atoms with van der Waals surface area (Å²) in [6.07, 6.45) is 5.19. The van der Waals surface area contributed by atoms with Crippen molar-refractivity contribution in [3.05, 3.63) is 35.4 Å². The number of fused-ring (bicyclic) bond motifs is 2. The van der Waals surface area contributed by atoms with Gasteiger partial charge in [0.25, 0.3) is 0 Å². The Hall–Kier alpha value is -2.94. The molecule has 1 aromatic rings. The van der Waals surface area contributed by atoms with Gasteiger partial charge in [-0.1, -0.05) is 38.1 Å². The number of rotatable bonds is 7. The monoisotopic (exact) mass is 525 g/mol. The summed E-state index contributed by atoms with van der Waals surface area (Å²) in [7, 11) is 1.68. The van der Waals surface area contributed by atoms with Gasteiger partial charge in [0.05, 0.1) is 12.1 Å². The standard InChI is InChI=1S/C29H43N5O4/c1-18(2)16-26(35)33-15-14-21-12-13-25(34(21)29(38)24(17-33)32-27(36)19(3)30-4)28(37)31-23-11-7-9-20-8-5-6-10-22(20)23/h5-6,8,10,18-19,21,23-25,30H,7,9,11-17H2,1-4H3,(H,31,37)(H,32,36)/t19-,21+,23+,24-,25-/m0/s1. The highest BCUT2D eigenvalue weighted by molar-refractivity contribution is 5.94. The number of aryl methyl sites for hydroxylation is 1. The molecule has 0 saturated carbocycles. The topological polar surface area (TPSA) is 111 Å². The quantitative estimate of drug-likeness (QED) is 0.504. The molecular weight excluding hydrogens is 482 g/mol. The van der Waals surface area contributed by atoms with Gasteiger partial charge in [0.1, 0.15) is 12.1 Å². The fraction of sp³-hybridized carbons (Fsp3) is 0.655. The molecule has 208 valence electrons. The lowest BCUT2D eigenvalue weighted by Crippen LogP contribution is -2.62. The van der Waals surface area contributed by atoms with Gasteiger partial charge in [0, 0.05) is 25.6 Å². The van der Waals surface area contributed by atoms with Crippen molar-refractivity contribution in [1.29, 1.82) is 0 Å². The van der Waals surface area contributed by atoms with Crippen molar-refractivity contribution >= 4 is 23.6 Å². The van der Waals surface area contributed by atoms with Crippen LogP contribution in [0.4, 0.5) is 0 Å². The maximum absolute atomic E-state index is 14.0. The van der Waals surface area contributed by atoms with Crippen LogP contribution in [0, 0.1) is 5.92 Å². The lowest BCUT2D eigenvalue weighted by atomic mass is 9.87. The lowest BCUT2D eigenvalue weighted by molar-refractivity contribution is -0.147. The summed E-state index contributed by atoms with van der Waals surface area (Å²) in [5.74, 6) is -0.537. The van der Waals surface area contributed by atoms with Gasteiger partial charge in [0.15, 0.2) is 0 Å². The first-order valence-electron chi connectivity index (χ1n) is 14.1. The molecule has 9 nitrogen and oxygen atoms in total. The van der Waals surface area contributed by atoms with Crippen LogP contribution >= 0.6 is 0 Å². The maximum Gasteiger partial charge on any atom is 0.247 e. The largest absolute Gasteiger partial charge is 0.347 e. The number of carbonyl (C=O) groups is 4. The van der Waals surface area contributed by atoms with Gasteiger partial charge >= 0.3 is 0 Å². The number of nitrogens with one attached hydrogen (secondary N) is 3. The molecule has 2 heterocycles. The van der Waals surface area contributed by atoms with E-state index in [-0.39, 0.29) is 48.2 Å². The Morgan fingerprint density at radius 2 is 1.76 bits per heavy atom. The molecule has 2 saturated heterocycles. The zero-order valence-corrected chi connectivity index (χ0v) is 23.2. The zero-order valence-electron chi connectivity index (χ0n) is 23.2. The average Bonchev–Trinajstić information content (AvgIpc) is 3.31. The number of amides is 4. The number of likely N-dealkylation sites (N-methyl/N-ethyl adjacent to an activating group) is 1. The van der Waals surface area contributed by atoms with Crippen molar-refractivity contribution in [2.24, 2.45) is 5.92 Å². The Balaban J connectivity index is 1.54. The summed E-state index contributed by atoms with van der Waals surface area (Å²) in [6, 6.07) is 6.04. The van der Waals surface area contributed by atoms with Gasteiger partial charge in [-0.25, -0.2) is 0 Å². The predicted octanol–water partition coefficient (Wildman–Crippen LogP) is 1.91. The third-order valence-corrected chi connectivity index (χ3v) is 8.26. The molecule has 2 fully saturated rings. The van der Waals surface area contributed by atoms with Gasteiger partial charge < -0.3 is 25.8 Å². The Bertz CT molecular complexity index is 1040. The molecule has 0 spiro atoms. The van der Waals surface area contributed by atoms with Crippen LogP contribution < -0.4 is 16.0 Å². The van der Waals surface area contributed by atoms with Gasteiger partial charge in [0.2, 0.25) is 23.6 Å². The van der Waals surface area contributed by atoms with Crippen LogP contribution in [0.3, 0.4) is 0 Å². The molecule has 38 heavy (non-hydrogen) atoms. The minimum atomic E-state index is -0.902. The van der Waals surface area contributed by atoms with Gasteiger partial charge in [-0.15, -0.1) is 0 Å². The van der Waals surface area contributed by atoms with E-state index in [2.05, 4.69) is 28.1 Å². The highest BCUT2D eigenvalue weighted by atomic mass is 16.2. The van der Waals surface area contributed by atoms with Crippen LogP contribution in [0.25, 0.3) is 0 Å². The number of carbonyl (C=O) groups excluding carboxylic acids is 4. The predicted molar refractivity (Wildman–Crippen MR) is 145 cm³/mol. The van der Waals surface area contributed by atoms with Crippen LogP contribution in [0.15, 0.2) is 24.3 Å². The second-order valence-corrected chi connectivity index (χ2v) is 11.4. The van der Waals surface area contributed by atoms with Crippen LogP contribution in [0.1, 0.15) is 76.5 Å². The molecule has 0 bridgehead atoms. The molecular formula is C29H43N5O4. The number of hydrogen-bond donors (Lipinski definition) is 3.